The van der Waals surface area contributed by atoms with Gasteiger partial charge in [-0.15, -0.1) is 0 Å². The highest BCUT2D eigenvalue weighted by Crippen LogP contribution is 2.32. The van der Waals surface area contributed by atoms with E-state index in [4.69, 9.17) is 9.90 Å². The number of rotatable bonds is 9. The van der Waals surface area contributed by atoms with Gasteiger partial charge >= 0.3 is 6.18 Å². The number of hydrogen-bond donors (Lipinski definition) is 3. The van der Waals surface area contributed by atoms with Gasteiger partial charge < -0.3 is 20.6 Å². The number of carbonyl (C=O) groups excluding carboxylic acids is 2. The molecule has 1 heterocycles. The molecule has 0 bridgehead atoms. The molecule has 52 heavy (non-hydrogen) atoms. The highest BCUT2D eigenvalue weighted by molar-refractivity contribution is 6.08. The van der Waals surface area contributed by atoms with E-state index in [-0.39, 0.29) is 11.8 Å². The van der Waals surface area contributed by atoms with Gasteiger partial charge in [0.2, 0.25) is 5.91 Å². The van der Waals surface area contributed by atoms with Gasteiger partial charge in [-0.2, -0.15) is 13.2 Å². The zero-order valence-corrected chi connectivity index (χ0v) is 28.6. The fraction of sp³-hybridized carbons (Fsp3) is 0.195. The Hall–Kier alpha value is -5.94. The second kappa shape index (κ2) is 17.3. The number of carboxylic acid groups (broad SMARTS) is 1. The van der Waals surface area contributed by atoms with Gasteiger partial charge in [-0.05, 0) is 76.3 Å². The molecule has 0 aliphatic carbocycles. The van der Waals surface area contributed by atoms with E-state index in [1.807, 2.05) is 54.6 Å². The number of piperazine rings is 1. The molecule has 0 unspecified atom stereocenters. The zero-order chi connectivity index (χ0) is 37.1. The van der Waals surface area contributed by atoms with Crippen LogP contribution in [0.3, 0.4) is 0 Å². The number of halogens is 3. The number of alkyl halides is 3. The van der Waals surface area contributed by atoms with Crippen molar-refractivity contribution in [1.29, 1.82) is 0 Å². The molecule has 3 N–H and O–H groups in total. The Labute approximate surface area is 300 Å². The summed E-state index contributed by atoms with van der Waals surface area (Å²) in [6, 6.07) is 37.6. The summed E-state index contributed by atoms with van der Waals surface area (Å²) in [6.45, 7) is 4.91. The number of aliphatic carboxylic acids is 1. The number of benzene rings is 5. The first-order chi connectivity index (χ1) is 25.0. The topological polar surface area (TPSA) is 102 Å². The van der Waals surface area contributed by atoms with Crippen molar-refractivity contribution in [3.63, 3.8) is 0 Å². The number of nitrogens with zero attached hydrogens (tertiary/aromatic N) is 2. The van der Waals surface area contributed by atoms with Gasteiger partial charge in [0.05, 0.1) is 12.1 Å². The molecule has 1 aliphatic heterocycles. The monoisotopic (exact) mass is 708 g/mol. The van der Waals surface area contributed by atoms with Gasteiger partial charge in [0, 0.05) is 56.6 Å². The largest absolute Gasteiger partial charge is 0.481 e. The molecule has 1 saturated heterocycles. The molecule has 5 aromatic carbocycles. The SMILES string of the molecule is CC(=O)O.O=C(CN1CCN(c2ccc(NC(=O)c3ccccc3-c3ccc(C(F)(F)F)cc3)cc2)CC1)NCc1cccc(-c2ccccc2)c1. The van der Waals surface area contributed by atoms with Crippen LogP contribution in [0.2, 0.25) is 0 Å². The van der Waals surface area contributed by atoms with E-state index in [0.717, 1.165) is 67.6 Å². The second-order valence-electron chi connectivity index (χ2n) is 12.2. The van der Waals surface area contributed by atoms with Crippen molar-refractivity contribution in [3.8, 4) is 22.3 Å². The molecule has 5 aromatic rings. The van der Waals surface area contributed by atoms with Crippen molar-refractivity contribution in [2.45, 2.75) is 19.6 Å². The number of hydrogen-bond acceptors (Lipinski definition) is 5. The molecule has 268 valence electrons. The summed E-state index contributed by atoms with van der Waals surface area (Å²) in [7, 11) is 0. The summed E-state index contributed by atoms with van der Waals surface area (Å²) in [4.78, 5) is 39.3. The summed E-state index contributed by atoms with van der Waals surface area (Å²) in [6.07, 6.45) is -4.43. The minimum atomic E-state index is -4.43. The van der Waals surface area contributed by atoms with Gasteiger partial charge in [0.1, 0.15) is 0 Å². The molecular weight excluding hydrogens is 669 g/mol. The molecule has 1 aliphatic rings. The zero-order valence-electron chi connectivity index (χ0n) is 28.6. The highest BCUT2D eigenvalue weighted by atomic mass is 19.4. The quantitative estimate of drug-likeness (QED) is 0.144. The number of carbonyl (C=O) groups is 3. The number of anilines is 2. The molecule has 0 spiro atoms. The van der Waals surface area contributed by atoms with Crippen molar-refractivity contribution >= 4 is 29.2 Å². The molecule has 0 saturated carbocycles. The molecule has 6 rings (SSSR count). The summed E-state index contributed by atoms with van der Waals surface area (Å²) < 4.78 is 39.1. The van der Waals surface area contributed by atoms with Crippen LogP contribution in [0.25, 0.3) is 22.3 Å². The van der Waals surface area contributed by atoms with E-state index < -0.39 is 17.7 Å². The first-order valence-electron chi connectivity index (χ1n) is 16.7. The summed E-state index contributed by atoms with van der Waals surface area (Å²) in [5.41, 5.74) is 5.63. The minimum absolute atomic E-state index is 0.00597. The lowest BCUT2D eigenvalue weighted by atomic mass is 9.98. The van der Waals surface area contributed by atoms with Gasteiger partial charge in [0.15, 0.2) is 0 Å². The summed E-state index contributed by atoms with van der Waals surface area (Å²) >= 11 is 0. The standard InChI is InChI=1S/C39H35F3N4O2.C2H4O2/c40-39(41,42)32-15-13-30(14-16-32)35-11-4-5-12-36(35)38(48)44-33-17-19-34(20-18-33)46-23-21-45(22-24-46)27-37(47)43-26-28-7-6-10-31(25-28)29-8-2-1-3-9-29;1-2(3)4/h1-20,25H,21-24,26-27H2,(H,43,47)(H,44,48);1H3,(H,3,4). The predicted octanol–water partition coefficient (Wildman–Crippen LogP) is 7.82. The molecule has 0 radical (unpaired) electrons. The van der Waals surface area contributed by atoms with Gasteiger partial charge in [-0.3, -0.25) is 19.3 Å². The summed E-state index contributed by atoms with van der Waals surface area (Å²) in [5, 5.41) is 13.4. The van der Waals surface area contributed by atoms with Crippen LogP contribution in [0, 0.1) is 0 Å². The third-order valence-electron chi connectivity index (χ3n) is 8.45. The van der Waals surface area contributed by atoms with Gasteiger partial charge in [-0.25, -0.2) is 0 Å². The Kier molecular flexibility index (Phi) is 12.4. The lowest BCUT2D eigenvalue weighted by Crippen LogP contribution is -2.49. The van der Waals surface area contributed by atoms with Crippen molar-refractivity contribution in [3.05, 3.63) is 144 Å². The Morgan fingerprint density at radius 3 is 1.98 bits per heavy atom. The van der Waals surface area contributed by atoms with Crippen LogP contribution in [0.4, 0.5) is 24.5 Å². The van der Waals surface area contributed by atoms with Crippen LogP contribution in [0.1, 0.15) is 28.4 Å². The van der Waals surface area contributed by atoms with E-state index in [1.165, 1.54) is 12.1 Å². The molecule has 0 aromatic heterocycles. The molecule has 2 amide bonds. The van der Waals surface area contributed by atoms with Crippen LogP contribution in [-0.4, -0.2) is 60.5 Å². The van der Waals surface area contributed by atoms with Crippen LogP contribution in [-0.2, 0) is 22.3 Å². The van der Waals surface area contributed by atoms with Crippen molar-refractivity contribution in [2.24, 2.45) is 0 Å². The lowest BCUT2D eigenvalue weighted by Gasteiger charge is -2.35. The van der Waals surface area contributed by atoms with Crippen molar-refractivity contribution in [2.75, 3.05) is 42.9 Å². The van der Waals surface area contributed by atoms with Crippen molar-refractivity contribution in [1.82, 2.24) is 10.2 Å². The van der Waals surface area contributed by atoms with E-state index in [1.54, 1.807) is 24.3 Å². The molecule has 8 nitrogen and oxygen atoms in total. The Bertz CT molecular complexity index is 1960. The molecule has 11 heteroatoms. The van der Waals surface area contributed by atoms with Crippen LogP contribution in [0.15, 0.2) is 127 Å². The van der Waals surface area contributed by atoms with Crippen LogP contribution in [0.5, 0.6) is 0 Å². The van der Waals surface area contributed by atoms with Crippen LogP contribution < -0.4 is 15.5 Å². The number of nitrogens with one attached hydrogen (secondary N) is 2. The normalized spacial score (nSPS) is 13.0. The lowest BCUT2D eigenvalue weighted by molar-refractivity contribution is -0.137. The van der Waals surface area contributed by atoms with Crippen LogP contribution >= 0.6 is 0 Å². The molecular formula is C41H39F3N4O4. The fourth-order valence-electron chi connectivity index (χ4n) is 5.84. The van der Waals surface area contributed by atoms with E-state index in [2.05, 4.69) is 44.7 Å². The average molecular weight is 709 g/mol. The summed E-state index contributed by atoms with van der Waals surface area (Å²) in [5.74, 6) is -1.19. The maximum Gasteiger partial charge on any atom is 0.416 e. The third-order valence-corrected chi connectivity index (χ3v) is 8.45. The first-order valence-corrected chi connectivity index (χ1v) is 16.7. The molecule has 1 fully saturated rings. The highest BCUT2D eigenvalue weighted by Gasteiger charge is 2.30. The first kappa shape index (κ1) is 37.3. The smallest absolute Gasteiger partial charge is 0.416 e. The second-order valence-corrected chi connectivity index (χ2v) is 12.2. The number of amides is 2. The third kappa shape index (κ3) is 10.5. The van der Waals surface area contributed by atoms with E-state index >= 15 is 0 Å². The van der Waals surface area contributed by atoms with Gasteiger partial charge in [0.25, 0.3) is 11.9 Å². The van der Waals surface area contributed by atoms with E-state index in [0.29, 0.717) is 35.5 Å². The predicted molar refractivity (Wildman–Crippen MR) is 197 cm³/mol. The van der Waals surface area contributed by atoms with E-state index in [9.17, 15) is 22.8 Å². The average Bonchev–Trinajstić information content (AvgIpc) is 3.15. The minimum Gasteiger partial charge on any atom is -0.481 e. The molecule has 0 atom stereocenters. The maximum atomic E-state index is 13.2. The van der Waals surface area contributed by atoms with Gasteiger partial charge in [-0.1, -0.05) is 78.9 Å². The van der Waals surface area contributed by atoms with Crippen molar-refractivity contribution < 1.29 is 32.7 Å². The number of carboxylic acids is 1. The maximum absolute atomic E-state index is 13.2. The fourth-order valence-corrected chi connectivity index (χ4v) is 5.84. The Balaban J connectivity index is 0.00000124. The Morgan fingerprint density at radius 1 is 0.712 bits per heavy atom. The Morgan fingerprint density at radius 2 is 1.33 bits per heavy atom.